The van der Waals surface area contributed by atoms with Crippen LogP contribution in [0.25, 0.3) is 11.1 Å². The normalized spacial score (nSPS) is 10.5. The van der Waals surface area contributed by atoms with E-state index in [1.807, 2.05) is 39.0 Å². The molecule has 0 unspecified atom stereocenters. The molecule has 0 aliphatic rings. The summed E-state index contributed by atoms with van der Waals surface area (Å²) in [6, 6.07) is 19.8. The maximum Gasteiger partial charge on any atom is 0.349 e. The molecule has 0 N–H and O–H groups in total. The fraction of sp³-hybridized carbons (Fsp3) is 0.208. The number of ether oxygens (including phenoxy) is 2. The van der Waals surface area contributed by atoms with Crippen LogP contribution in [0.2, 0.25) is 0 Å². The average molecular weight is 360 g/mol. The van der Waals surface area contributed by atoms with Crippen LogP contribution in [0, 0.1) is 27.7 Å². The van der Waals surface area contributed by atoms with Gasteiger partial charge in [0, 0.05) is 0 Å². The third-order valence-corrected chi connectivity index (χ3v) is 4.58. The van der Waals surface area contributed by atoms with E-state index < -0.39 is 5.97 Å². The molecule has 0 aliphatic carbocycles. The molecule has 138 valence electrons. The van der Waals surface area contributed by atoms with Crippen LogP contribution in [0.1, 0.15) is 22.3 Å². The van der Waals surface area contributed by atoms with E-state index >= 15 is 0 Å². The van der Waals surface area contributed by atoms with Crippen molar-refractivity contribution in [1.29, 1.82) is 0 Å². The zero-order chi connectivity index (χ0) is 19.4. The smallest absolute Gasteiger partial charge is 0.349 e. The van der Waals surface area contributed by atoms with Gasteiger partial charge in [0.15, 0.2) is 6.61 Å². The Hall–Kier alpha value is -3.07. The SMILES string of the molecule is Cc1ccc(-c2ccc(OC(=O)COc3cc(C)cc(C)c3C)cc2)cc1. The van der Waals surface area contributed by atoms with Crippen molar-refractivity contribution in [2.45, 2.75) is 27.7 Å². The van der Waals surface area contributed by atoms with E-state index in [-0.39, 0.29) is 6.61 Å². The van der Waals surface area contributed by atoms with E-state index in [0.717, 1.165) is 33.6 Å². The van der Waals surface area contributed by atoms with Gasteiger partial charge in [0.05, 0.1) is 0 Å². The summed E-state index contributed by atoms with van der Waals surface area (Å²) >= 11 is 0. The summed E-state index contributed by atoms with van der Waals surface area (Å²) in [5.74, 6) is 0.812. The number of esters is 1. The lowest BCUT2D eigenvalue weighted by atomic mass is 10.0. The molecule has 3 aromatic carbocycles. The first-order valence-corrected chi connectivity index (χ1v) is 9.01. The van der Waals surface area contributed by atoms with Gasteiger partial charge in [-0.1, -0.05) is 48.0 Å². The molecule has 3 nitrogen and oxygen atoms in total. The minimum Gasteiger partial charge on any atom is -0.482 e. The van der Waals surface area contributed by atoms with Crippen LogP contribution < -0.4 is 9.47 Å². The van der Waals surface area contributed by atoms with Gasteiger partial charge in [0.1, 0.15) is 11.5 Å². The Morgan fingerprint density at radius 2 is 1.37 bits per heavy atom. The zero-order valence-corrected chi connectivity index (χ0v) is 16.2. The maximum absolute atomic E-state index is 12.1. The highest BCUT2D eigenvalue weighted by Crippen LogP contribution is 2.24. The predicted molar refractivity (Wildman–Crippen MR) is 108 cm³/mol. The monoisotopic (exact) mass is 360 g/mol. The molecule has 3 aromatic rings. The van der Waals surface area contributed by atoms with Gasteiger partial charge < -0.3 is 9.47 Å². The van der Waals surface area contributed by atoms with E-state index in [2.05, 4.69) is 37.3 Å². The molecule has 0 radical (unpaired) electrons. The minimum absolute atomic E-state index is 0.122. The second kappa shape index (κ2) is 8.09. The van der Waals surface area contributed by atoms with Crippen LogP contribution in [0.5, 0.6) is 11.5 Å². The fourth-order valence-corrected chi connectivity index (χ4v) is 2.91. The molecule has 0 amide bonds. The van der Waals surface area contributed by atoms with Crippen LogP contribution in [-0.4, -0.2) is 12.6 Å². The lowest BCUT2D eigenvalue weighted by Crippen LogP contribution is -2.18. The highest BCUT2D eigenvalue weighted by atomic mass is 16.6. The molecule has 27 heavy (non-hydrogen) atoms. The van der Waals surface area contributed by atoms with Crippen molar-refractivity contribution < 1.29 is 14.3 Å². The summed E-state index contributed by atoms with van der Waals surface area (Å²) in [6.07, 6.45) is 0. The molecular formula is C24H24O3. The van der Waals surface area contributed by atoms with E-state index in [1.165, 1.54) is 5.56 Å². The Kier molecular flexibility index (Phi) is 5.60. The maximum atomic E-state index is 12.1. The number of hydrogen-bond donors (Lipinski definition) is 0. The number of carbonyl (C=O) groups excluding carboxylic acids is 1. The highest BCUT2D eigenvalue weighted by Gasteiger charge is 2.10. The fourth-order valence-electron chi connectivity index (χ4n) is 2.91. The number of benzene rings is 3. The first-order valence-electron chi connectivity index (χ1n) is 9.01. The average Bonchev–Trinajstić information content (AvgIpc) is 2.65. The van der Waals surface area contributed by atoms with Gasteiger partial charge in [0.25, 0.3) is 0 Å². The molecule has 3 heteroatoms. The van der Waals surface area contributed by atoms with Crippen LogP contribution in [0.4, 0.5) is 0 Å². The Balaban J connectivity index is 1.60. The zero-order valence-electron chi connectivity index (χ0n) is 16.2. The molecule has 0 bridgehead atoms. The molecule has 0 aromatic heterocycles. The van der Waals surface area contributed by atoms with Gasteiger partial charge in [-0.2, -0.15) is 0 Å². The Labute approximate surface area is 160 Å². The first-order chi connectivity index (χ1) is 12.9. The third-order valence-electron chi connectivity index (χ3n) is 4.58. The van der Waals surface area contributed by atoms with Crippen LogP contribution >= 0.6 is 0 Å². The van der Waals surface area contributed by atoms with E-state index in [4.69, 9.17) is 9.47 Å². The number of hydrogen-bond acceptors (Lipinski definition) is 3. The van der Waals surface area contributed by atoms with Gasteiger partial charge >= 0.3 is 5.97 Å². The first kappa shape index (κ1) is 18.7. The molecule has 0 atom stereocenters. The van der Waals surface area contributed by atoms with Crippen molar-refractivity contribution in [2.75, 3.05) is 6.61 Å². The van der Waals surface area contributed by atoms with Crippen LogP contribution in [-0.2, 0) is 4.79 Å². The van der Waals surface area contributed by atoms with Crippen LogP contribution in [0.3, 0.4) is 0 Å². The predicted octanol–water partition coefficient (Wildman–Crippen LogP) is 5.57. The summed E-state index contributed by atoms with van der Waals surface area (Å²) in [5, 5.41) is 0. The minimum atomic E-state index is -0.420. The lowest BCUT2D eigenvalue weighted by molar-refractivity contribution is -0.136. The standard InChI is InChI=1S/C24H24O3/c1-16-5-7-20(8-6-16)21-9-11-22(12-10-21)27-24(25)15-26-23-14-17(2)13-18(3)19(23)4/h5-14H,15H2,1-4H3. The summed E-state index contributed by atoms with van der Waals surface area (Å²) in [7, 11) is 0. The Morgan fingerprint density at radius 3 is 2.00 bits per heavy atom. The van der Waals surface area contributed by atoms with Crippen molar-refractivity contribution in [1.82, 2.24) is 0 Å². The van der Waals surface area contributed by atoms with Gasteiger partial charge in [-0.3, -0.25) is 0 Å². The van der Waals surface area contributed by atoms with Crippen LogP contribution in [0.15, 0.2) is 60.7 Å². The van der Waals surface area contributed by atoms with E-state index in [9.17, 15) is 4.79 Å². The summed E-state index contributed by atoms with van der Waals surface area (Å²) in [5.41, 5.74) is 6.72. The largest absolute Gasteiger partial charge is 0.482 e. The molecule has 0 saturated heterocycles. The van der Waals surface area contributed by atoms with Crippen molar-refractivity contribution in [2.24, 2.45) is 0 Å². The molecule has 0 saturated carbocycles. The summed E-state index contributed by atoms with van der Waals surface area (Å²) in [4.78, 5) is 12.1. The molecule has 0 aliphatic heterocycles. The molecule has 3 rings (SSSR count). The number of rotatable bonds is 5. The summed E-state index contributed by atoms with van der Waals surface area (Å²) < 4.78 is 11.0. The van der Waals surface area contributed by atoms with Crippen molar-refractivity contribution in [3.05, 3.63) is 82.9 Å². The summed E-state index contributed by atoms with van der Waals surface area (Å²) in [6.45, 7) is 7.97. The molecular weight excluding hydrogens is 336 g/mol. The van der Waals surface area contributed by atoms with E-state index in [0.29, 0.717) is 5.75 Å². The van der Waals surface area contributed by atoms with Gasteiger partial charge in [-0.05, 0) is 73.7 Å². The quantitative estimate of drug-likeness (QED) is 0.441. The van der Waals surface area contributed by atoms with E-state index in [1.54, 1.807) is 12.1 Å². The number of aryl methyl sites for hydroxylation is 3. The second-order valence-corrected chi connectivity index (χ2v) is 6.86. The van der Waals surface area contributed by atoms with Crippen molar-refractivity contribution >= 4 is 5.97 Å². The Morgan fingerprint density at radius 1 is 0.778 bits per heavy atom. The Bertz CT molecular complexity index is 939. The topological polar surface area (TPSA) is 35.5 Å². The highest BCUT2D eigenvalue weighted by molar-refractivity contribution is 5.74. The van der Waals surface area contributed by atoms with Gasteiger partial charge in [-0.25, -0.2) is 4.79 Å². The lowest BCUT2D eigenvalue weighted by Gasteiger charge is -2.12. The van der Waals surface area contributed by atoms with Crippen molar-refractivity contribution in [3.63, 3.8) is 0 Å². The second-order valence-electron chi connectivity index (χ2n) is 6.86. The van der Waals surface area contributed by atoms with Gasteiger partial charge in [0.2, 0.25) is 0 Å². The molecule has 0 fully saturated rings. The molecule has 0 heterocycles. The molecule has 0 spiro atoms. The number of carbonyl (C=O) groups is 1. The third kappa shape index (κ3) is 4.76. The van der Waals surface area contributed by atoms with Crippen molar-refractivity contribution in [3.8, 4) is 22.6 Å². The van der Waals surface area contributed by atoms with Gasteiger partial charge in [-0.15, -0.1) is 0 Å².